The Hall–Kier alpha value is -1.92. The van der Waals surface area contributed by atoms with Crippen molar-refractivity contribution in [3.63, 3.8) is 0 Å². The molecule has 22 heavy (non-hydrogen) atoms. The fourth-order valence-electron chi connectivity index (χ4n) is 2.64. The van der Waals surface area contributed by atoms with Gasteiger partial charge in [-0.15, -0.1) is 14.8 Å². The molecule has 2 aromatic heterocycles. The SMILES string of the molecule is Clc1ccc([C@@H]2C[C@H]2CNc2ccc3nnnn3n2)c(Cl)c1. The zero-order valence-corrected chi connectivity index (χ0v) is 13.0. The van der Waals surface area contributed by atoms with Crippen molar-refractivity contribution >= 4 is 34.7 Å². The van der Waals surface area contributed by atoms with E-state index in [-0.39, 0.29) is 0 Å². The minimum absolute atomic E-state index is 0.481. The molecule has 0 aliphatic heterocycles. The molecule has 1 aromatic carbocycles. The highest BCUT2D eigenvalue weighted by molar-refractivity contribution is 6.35. The lowest BCUT2D eigenvalue weighted by Gasteiger charge is -2.06. The summed E-state index contributed by atoms with van der Waals surface area (Å²) in [5, 5.41) is 20.2. The molecule has 4 rings (SSSR count). The molecule has 1 saturated carbocycles. The molecule has 2 atom stereocenters. The number of nitrogens with zero attached hydrogens (tertiary/aromatic N) is 5. The van der Waals surface area contributed by atoms with E-state index in [1.807, 2.05) is 24.3 Å². The second-order valence-electron chi connectivity index (χ2n) is 5.39. The van der Waals surface area contributed by atoms with Crippen LogP contribution in [0.1, 0.15) is 17.9 Å². The van der Waals surface area contributed by atoms with E-state index in [9.17, 15) is 0 Å². The molecule has 6 nitrogen and oxygen atoms in total. The molecule has 112 valence electrons. The van der Waals surface area contributed by atoms with E-state index in [1.54, 1.807) is 6.07 Å². The Labute approximate surface area is 136 Å². The maximum Gasteiger partial charge on any atom is 0.200 e. The van der Waals surface area contributed by atoms with E-state index in [1.165, 1.54) is 10.2 Å². The van der Waals surface area contributed by atoms with E-state index >= 15 is 0 Å². The van der Waals surface area contributed by atoms with Gasteiger partial charge < -0.3 is 5.32 Å². The lowest BCUT2D eigenvalue weighted by molar-refractivity contribution is 0.730. The summed E-state index contributed by atoms with van der Waals surface area (Å²) in [7, 11) is 0. The molecule has 2 heterocycles. The van der Waals surface area contributed by atoms with Crippen molar-refractivity contribution < 1.29 is 0 Å². The van der Waals surface area contributed by atoms with Gasteiger partial charge in [-0.3, -0.25) is 0 Å². The van der Waals surface area contributed by atoms with Crippen molar-refractivity contribution in [1.82, 2.24) is 25.3 Å². The normalized spacial score (nSPS) is 20.3. The lowest BCUT2D eigenvalue weighted by Crippen LogP contribution is -2.08. The predicted molar refractivity (Wildman–Crippen MR) is 84.4 cm³/mol. The summed E-state index contributed by atoms with van der Waals surface area (Å²) in [6.45, 7) is 0.838. The van der Waals surface area contributed by atoms with E-state index in [2.05, 4.69) is 25.9 Å². The van der Waals surface area contributed by atoms with Gasteiger partial charge in [0.25, 0.3) is 0 Å². The Kier molecular flexibility index (Phi) is 3.35. The van der Waals surface area contributed by atoms with Crippen LogP contribution in [0.5, 0.6) is 0 Å². The summed E-state index contributed by atoms with van der Waals surface area (Å²) >= 11 is 12.2. The first-order chi connectivity index (χ1) is 10.7. The van der Waals surface area contributed by atoms with Crippen LogP contribution in [-0.2, 0) is 0 Å². The van der Waals surface area contributed by atoms with Gasteiger partial charge in [-0.2, -0.15) is 0 Å². The van der Waals surface area contributed by atoms with Crippen LogP contribution in [0.4, 0.5) is 5.82 Å². The zero-order chi connectivity index (χ0) is 15.1. The van der Waals surface area contributed by atoms with Crippen molar-refractivity contribution in [2.24, 2.45) is 5.92 Å². The van der Waals surface area contributed by atoms with E-state index < -0.39 is 0 Å². The fraction of sp³-hybridized carbons (Fsp3) is 0.286. The minimum Gasteiger partial charge on any atom is -0.368 e. The molecule has 0 saturated heterocycles. The lowest BCUT2D eigenvalue weighted by atomic mass is 10.1. The van der Waals surface area contributed by atoms with Crippen LogP contribution in [0.3, 0.4) is 0 Å². The molecule has 3 aromatic rings. The molecule has 0 radical (unpaired) electrons. The van der Waals surface area contributed by atoms with Crippen molar-refractivity contribution in [2.75, 3.05) is 11.9 Å². The molecule has 0 unspecified atom stereocenters. The van der Waals surface area contributed by atoms with Gasteiger partial charge in [0.1, 0.15) is 5.82 Å². The summed E-state index contributed by atoms with van der Waals surface area (Å²) < 4.78 is 1.41. The summed E-state index contributed by atoms with van der Waals surface area (Å²) in [4.78, 5) is 0. The largest absolute Gasteiger partial charge is 0.368 e. The highest BCUT2D eigenvalue weighted by Crippen LogP contribution is 2.49. The topological polar surface area (TPSA) is 68.0 Å². The number of aromatic nitrogens is 5. The van der Waals surface area contributed by atoms with Crippen molar-refractivity contribution in [1.29, 1.82) is 0 Å². The second-order valence-corrected chi connectivity index (χ2v) is 6.24. The molecular formula is C14H12Cl2N6. The minimum atomic E-state index is 0.481. The van der Waals surface area contributed by atoms with Crippen LogP contribution < -0.4 is 5.32 Å². The van der Waals surface area contributed by atoms with Gasteiger partial charge in [-0.05, 0) is 58.5 Å². The molecule has 0 spiro atoms. The third-order valence-electron chi connectivity index (χ3n) is 3.90. The number of tetrazole rings is 1. The van der Waals surface area contributed by atoms with Crippen molar-refractivity contribution in [3.05, 3.63) is 45.9 Å². The highest BCUT2D eigenvalue weighted by atomic mass is 35.5. The highest BCUT2D eigenvalue weighted by Gasteiger charge is 2.39. The molecular weight excluding hydrogens is 323 g/mol. The van der Waals surface area contributed by atoms with Crippen LogP contribution in [-0.4, -0.2) is 31.8 Å². The van der Waals surface area contributed by atoms with Gasteiger partial charge in [0, 0.05) is 16.6 Å². The number of fused-ring (bicyclic) bond motifs is 1. The van der Waals surface area contributed by atoms with Crippen molar-refractivity contribution in [2.45, 2.75) is 12.3 Å². The molecule has 1 fully saturated rings. The quantitative estimate of drug-likeness (QED) is 0.794. The standard InChI is InChI=1S/C14H12Cl2N6/c15-9-1-2-10(12(16)6-9)11-5-8(11)7-17-13-3-4-14-18-20-21-22(14)19-13/h1-4,6,8,11H,5,7H2,(H,17,19)/t8-,11+/m0/s1. The van der Waals surface area contributed by atoms with E-state index in [0.29, 0.717) is 22.5 Å². The maximum absolute atomic E-state index is 6.26. The van der Waals surface area contributed by atoms with Crippen molar-refractivity contribution in [3.8, 4) is 0 Å². The number of hydrogen-bond acceptors (Lipinski definition) is 5. The number of halogens is 2. The van der Waals surface area contributed by atoms with Gasteiger partial charge in [0.05, 0.1) is 0 Å². The Bertz CT molecular complexity index is 833. The average molecular weight is 335 g/mol. The number of benzene rings is 1. The number of rotatable bonds is 4. The van der Waals surface area contributed by atoms with E-state index in [0.717, 1.165) is 23.8 Å². The molecule has 0 amide bonds. The Morgan fingerprint density at radius 2 is 2.14 bits per heavy atom. The number of anilines is 1. The van der Waals surface area contributed by atoms with Crippen LogP contribution in [0, 0.1) is 5.92 Å². The second kappa shape index (κ2) is 5.37. The molecule has 1 N–H and O–H groups in total. The average Bonchev–Trinajstić information content (AvgIpc) is 3.11. The number of nitrogens with one attached hydrogen (secondary N) is 1. The summed E-state index contributed by atoms with van der Waals surface area (Å²) in [5.41, 5.74) is 1.80. The third-order valence-corrected chi connectivity index (χ3v) is 4.46. The maximum atomic E-state index is 6.26. The Morgan fingerprint density at radius 3 is 3.00 bits per heavy atom. The van der Waals surface area contributed by atoms with E-state index in [4.69, 9.17) is 23.2 Å². The Morgan fingerprint density at radius 1 is 1.23 bits per heavy atom. The Balaban J connectivity index is 1.41. The van der Waals surface area contributed by atoms with Crippen LogP contribution in [0.2, 0.25) is 10.0 Å². The third kappa shape index (κ3) is 2.60. The van der Waals surface area contributed by atoms with Gasteiger partial charge in [-0.1, -0.05) is 29.3 Å². The smallest absolute Gasteiger partial charge is 0.200 e. The van der Waals surface area contributed by atoms with Crippen LogP contribution in [0.15, 0.2) is 30.3 Å². The summed E-state index contributed by atoms with van der Waals surface area (Å²) in [6, 6.07) is 9.40. The summed E-state index contributed by atoms with van der Waals surface area (Å²) in [5.74, 6) is 1.78. The first-order valence-corrected chi connectivity index (χ1v) is 7.70. The fourth-order valence-corrected chi connectivity index (χ4v) is 3.18. The van der Waals surface area contributed by atoms with Gasteiger partial charge >= 0.3 is 0 Å². The molecule has 1 aliphatic carbocycles. The molecule has 8 heteroatoms. The number of hydrogen-bond donors (Lipinski definition) is 1. The first kappa shape index (κ1) is 13.7. The van der Waals surface area contributed by atoms with Crippen LogP contribution in [0.25, 0.3) is 5.65 Å². The summed E-state index contributed by atoms with van der Waals surface area (Å²) in [6.07, 6.45) is 1.11. The van der Waals surface area contributed by atoms with Gasteiger partial charge in [0.2, 0.25) is 0 Å². The zero-order valence-electron chi connectivity index (χ0n) is 11.4. The predicted octanol–water partition coefficient (Wildman–Crippen LogP) is 3.04. The van der Waals surface area contributed by atoms with Crippen LogP contribution >= 0.6 is 23.2 Å². The monoisotopic (exact) mass is 334 g/mol. The molecule has 1 aliphatic rings. The first-order valence-electron chi connectivity index (χ1n) is 6.95. The van der Waals surface area contributed by atoms with Gasteiger partial charge in [0.15, 0.2) is 5.65 Å². The molecule has 0 bridgehead atoms. The van der Waals surface area contributed by atoms with Gasteiger partial charge in [-0.25, -0.2) is 0 Å².